The van der Waals surface area contributed by atoms with Crippen molar-refractivity contribution in [3.05, 3.63) is 36.0 Å². The highest BCUT2D eigenvalue weighted by atomic mass is 16.4. The van der Waals surface area contributed by atoms with E-state index in [1.54, 1.807) is 30.5 Å². The molecule has 9 atom stereocenters. The quantitative estimate of drug-likeness (QED) is 0.0184. The Labute approximate surface area is 422 Å². The molecule has 0 bridgehead atoms. The minimum absolute atomic E-state index is 0.0895. The number of hydrogen-bond acceptors (Lipinski definition) is 15. The molecule has 0 aliphatic heterocycles. The number of rotatable bonds is 32. The van der Waals surface area contributed by atoms with Crippen molar-refractivity contribution in [3.8, 4) is 0 Å². The van der Waals surface area contributed by atoms with Gasteiger partial charge in [0.05, 0.1) is 31.5 Å². The highest BCUT2D eigenvalue weighted by Gasteiger charge is 2.36. The van der Waals surface area contributed by atoms with E-state index in [1.165, 1.54) is 20.8 Å². The predicted octanol–water partition coefficient (Wildman–Crippen LogP) is -6.04. The number of aliphatic hydroxyl groups is 1. The van der Waals surface area contributed by atoms with Crippen LogP contribution in [0.2, 0.25) is 0 Å². The number of para-hydroxylation sites is 1. The lowest BCUT2D eigenvalue weighted by Crippen LogP contribution is -2.61. The van der Waals surface area contributed by atoms with E-state index in [2.05, 4.69) is 52.5 Å². The van der Waals surface area contributed by atoms with E-state index in [-0.39, 0.29) is 44.6 Å². The van der Waals surface area contributed by atoms with Crippen LogP contribution in [0.25, 0.3) is 10.9 Å². The Bertz CT molecular complexity index is 2400. The molecule has 0 aliphatic carbocycles. The van der Waals surface area contributed by atoms with E-state index in [0.717, 1.165) is 6.92 Å². The summed E-state index contributed by atoms with van der Waals surface area (Å²) in [4.78, 5) is 161. The van der Waals surface area contributed by atoms with Crippen LogP contribution >= 0.6 is 0 Å². The molecule has 0 saturated carbocycles. The van der Waals surface area contributed by atoms with Gasteiger partial charge in [-0.15, -0.1) is 0 Å². The van der Waals surface area contributed by atoms with Gasteiger partial charge in [0.1, 0.15) is 42.3 Å². The number of H-pyrrole nitrogens is 1. The highest BCUT2D eigenvalue weighted by molar-refractivity contribution is 5.99. The molecule has 0 aliphatic rings. The Hall–Kier alpha value is -8.41. The van der Waals surface area contributed by atoms with Crippen molar-refractivity contribution < 1.29 is 78.0 Å². The number of nitrogens with one attached hydrogen (secondary N) is 9. The molecule has 1 aromatic carbocycles. The van der Waals surface area contributed by atoms with Gasteiger partial charge in [0, 0.05) is 36.5 Å². The molecule has 2 aromatic rings. The Morgan fingerprint density at radius 1 is 0.635 bits per heavy atom. The molecule has 21 N–H and O–H groups in total. The molecule has 74 heavy (non-hydrogen) atoms. The number of fused-ring (bicyclic) bond motifs is 1. The van der Waals surface area contributed by atoms with Crippen LogP contribution in [-0.2, 0) is 64.0 Å². The molecular weight excluding hydrogens is 981 g/mol. The fourth-order valence-electron chi connectivity index (χ4n) is 6.87. The van der Waals surface area contributed by atoms with Gasteiger partial charge in [0.25, 0.3) is 0 Å². The summed E-state index contributed by atoms with van der Waals surface area (Å²) >= 11 is 0. The average Bonchev–Trinajstić information content (AvgIpc) is 3.72. The summed E-state index contributed by atoms with van der Waals surface area (Å²) in [5.41, 5.74) is 22.9. The van der Waals surface area contributed by atoms with Gasteiger partial charge in [0.15, 0.2) is 5.96 Å². The summed E-state index contributed by atoms with van der Waals surface area (Å²) in [6.07, 6.45) is -3.54. The molecule has 408 valence electrons. The number of guanidine groups is 1. The van der Waals surface area contributed by atoms with E-state index < -0.39 is 151 Å². The molecule has 0 radical (unpaired) electrons. The fourth-order valence-corrected chi connectivity index (χ4v) is 6.87. The number of aliphatic carboxylic acids is 3. The van der Waals surface area contributed by atoms with Crippen LogP contribution in [0.1, 0.15) is 71.8 Å². The molecule has 2 rings (SSSR count). The van der Waals surface area contributed by atoms with Gasteiger partial charge in [0.2, 0.25) is 53.2 Å². The van der Waals surface area contributed by atoms with Crippen molar-refractivity contribution in [3.63, 3.8) is 0 Å². The number of nitrogens with zero attached hydrogens (tertiary/aromatic N) is 1. The van der Waals surface area contributed by atoms with Crippen LogP contribution in [0, 0.1) is 5.92 Å². The second-order valence-corrected chi connectivity index (χ2v) is 17.4. The average molecular weight is 1050 g/mol. The predicted molar refractivity (Wildman–Crippen MR) is 259 cm³/mol. The normalized spacial score (nSPS) is 14.6. The number of hydrogen-bond donors (Lipinski definition) is 17. The van der Waals surface area contributed by atoms with Crippen LogP contribution < -0.4 is 65.5 Å². The molecule has 9 amide bonds. The fraction of sp³-hybridized carbons (Fsp3) is 0.523. The van der Waals surface area contributed by atoms with Crippen LogP contribution in [-0.4, -0.2) is 170 Å². The van der Waals surface area contributed by atoms with E-state index in [1.807, 2.05) is 0 Å². The largest absolute Gasteiger partial charge is 0.481 e. The number of aromatic nitrogens is 1. The number of aromatic amines is 1. The number of carbonyl (C=O) groups excluding carboxylic acids is 9. The summed E-state index contributed by atoms with van der Waals surface area (Å²) in [7, 11) is 0. The van der Waals surface area contributed by atoms with E-state index in [9.17, 15) is 78.0 Å². The summed E-state index contributed by atoms with van der Waals surface area (Å²) in [6.45, 7) is 4.38. The number of carboxylic acid groups (broad SMARTS) is 3. The van der Waals surface area contributed by atoms with Crippen molar-refractivity contribution in [1.82, 2.24) is 47.5 Å². The lowest BCUT2D eigenvalue weighted by molar-refractivity contribution is -0.143. The zero-order chi connectivity index (χ0) is 56.0. The standard InChI is InChI=1S/C44H66N14O16/c1-19(2)34(43(73)74)57-31(61)18-51-42(72)35(21(4)59)58-41(71)29(16-33(64)65)55-38(68)26(10-7-13-49-44(47)48)53-40(70)28(15-32(62)63)56-39(69)27(14-22-17-50-25-9-6-5-8-23(22)25)54-36(66)20(3)52-37(67)24(45)11-12-30(46)60/h5-6,8-9,17,19-21,24,26-29,34-35,50,59H,7,10-16,18,45H2,1-4H3,(H2,46,60)(H,51,72)(H,52,67)(H,53,70)(H,54,66)(H,55,68)(H,56,69)(H,57,61)(H,58,71)(H,62,63)(H,64,65)(H,73,74)(H4,47,48,49)/t20-,21+,24-,26-,27-,28-,29-,34-,35-/m0/s1. The molecule has 0 spiro atoms. The first-order valence-corrected chi connectivity index (χ1v) is 23.0. The van der Waals surface area contributed by atoms with Crippen molar-refractivity contribution in [2.75, 3.05) is 13.1 Å². The van der Waals surface area contributed by atoms with Gasteiger partial charge in [-0.25, -0.2) is 4.79 Å². The maximum Gasteiger partial charge on any atom is 0.326 e. The van der Waals surface area contributed by atoms with Crippen molar-refractivity contribution >= 4 is 87.9 Å². The molecule has 30 heteroatoms. The monoisotopic (exact) mass is 1050 g/mol. The van der Waals surface area contributed by atoms with Crippen LogP contribution in [0.15, 0.2) is 35.5 Å². The van der Waals surface area contributed by atoms with Gasteiger partial charge < -0.3 is 90.9 Å². The number of amides is 9. The maximum absolute atomic E-state index is 14.1. The van der Waals surface area contributed by atoms with Gasteiger partial charge in [-0.1, -0.05) is 32.0 Å². The Balaban J connectivity index is 2.43. The number of aliphatic hydroxyl groups excluding tert-OH is 1. The summed E-state index contributed by atoms with van der Waals surface area (Å²) < 4.78 is 0. The Morgan fingerprint density at radius 3 is 1.72 bits per heavy atom. The summed E-state index contributed by atoms with van der Waals surface area (Å²) in [6, 6.07) is -6.31. The third kappa shape index (κ3) is 21.1. The number of primary amides is 1. The zero-order valence-corrected chi connectivity index (χ0v) is 41.0. The van der Waals surface area contributed by atoms with Crippen molar-refractivity contribution in [2.45, 2.75) is 127 Å². The number of nitrogens with two attached hydrogens (primary N) is 4. The lowest BCUT2D eigenvalue weighted by atomic mass is 10.0. The molecule has 0 saturated heterocycles. The number of aliphatic imine (C=N–C) groups is 1. The second kappa shape index (κ2) is 29.8. The molecule has 30 nitrogen and oxygen atoms in total. The minimum atomic E-state index is -2.04. The molecule has 1 aromatic heterocycles. The molecule has 0 fully saturated rings. The highest BCUT2D eigenvalue weighted by Crippen LogP contribution is 2.19. The van der Waals surface area contributed by atoms with Gasteiger partial charge in [-0.3, -0.25) is 57.7 Å². The van der Waals surface area contributed by atoms with Gasteiger partial charge in [-0.2, -0.15) is 0 Å². The number of benzene rings is 1. The van der Waals surface area contributed by atoms with E-state index >= 15 is 0 Å². The van der Waals surface area contributed by atoms with Gasteiger partial charge >= 0.3 is 17.9 Å². The van der Waals surface area contributed by atoms with E-state index in [4.69, 9.17) is 22.9 Å². The minimum Gasteiger partial charge on any atom is -0.481 e. The zero-order valence-electron chi connectivity index (χ0n) is 41.0. The summed E-state index contributed by atoms with van der Waals surface area (Å²) in [5, 5.41) is 57.9. The first-order chi connectivity index (χ1) is 34.6. The molecule has 0 unspecified atom stereocenters. The summed E-state index contributed by atoms with van der Waals surface area (Å²) in [5.74, 6) is -15.2. The smallest absolute Gasteiger partial charge is 0.326 e. The topological polar surface area (TPSA) is 514 Å². The van der Waals surface area contributed by atoms with E-state index in [0.29, 0.717) is 16.5 Å². The van der Waals surface area contributed by atoms with Crippen molar-refractivity contribution in [2.24, 2.45) is 33.8 Å². The first-order valence-electron chi connectivity index (χ1n) is 23.0. The third-order valence-electron chi connectivity index (χ3n) is 10.9. The number of carbonyl (C=O) groups is 12. The SMILES string of the molecule is CC(C)[C@H](NC(=O)CNC(=O)[C@@H](NC(=O)[C@H](CC(=O)O)NC(=O)[C@H](CCCN=C(N)N)NC(=O)[C@H](CC(=O)O)NC(=O)[C@H](Cc1c[nH]c2ccccc12)NC(=O)[C@H](C)NC(=O)[C@@H](N)CCC(N)=O)[C@@H](C)O)C(=O)O. The number of carboxylic acids is 3. The second-order valence-electron chi connectivity index (χ2n) is 17.4. The van der Waals surface area contributed by atoms with Crippen LogP contribution in [0.5, 0.6) is 0 Å². The first kappa shape index (κ1) is 61.7. The van der Waals surface area contributed by atoms with Gasteiger partial charge in [-0.05, 0) is 50.7 Å². The Morgan fingerprint density at radius 2 is 1.18 bits per heavy atom. The molecular formula is C44H66N14O16. The maximum atomic E-state index is 14.1. The van der Waals surface area contributed by atoms with Crippen LogP contribution in [0.4, 0.5) is 0 Å². The van der Waals surface area contributed by atoms with Crippen LogP contribution in [0.3, 0.4) is 0 Å². The van der Waals surface area contributed by atoms with Crippen molar-refractivity contribution in [1.29, 1.82) is 0 Å². The Kier molecular flexibility index (Phi) is 24.9. The lowest BCUT2D eigenvalue weighted by Gasteiger charge is -2.27. The third-order valence-corrected chi connectivity index (χ3v) is 10.9. The molecule has 1 heterocycles.